The molecule has 2 rings (SSSR count). The van der Waals surface area contributed by atoms with Crippen LogP contribution >= 0.6 is 0 Å². The zero-order valence-electron chi connectivity index (χ0n) is 28.7. The zero-order valence-corrected chi connectivity index (χ0v) is 28.7. The van der Waals surface area contributed by atoms with Crippen LogP contribution in [0.5, 0.6) is 0 Å². The molecule has 42 heavy (non-hydrogen) atoms. The third-order valence-corrected chi connectivity index (χ3v) is 9.25. The van der Waals surface area contributed by atoms with E-state index in [0.29, 0.717) is 0 Å². The molecule has 0 bridgehead atoms. The summed E-state index contributed by atoms with van der Waals surface area (Å²) < 4.78 is 0. The van der Waals surface area contributed by atoms with Crippen LogP contribution in [0.1, 0.15) is 133 Å². The van der Waals surface area contributed by atoms with Gasteiger partial charge in [-0.25, -0.2) is 0 Å². The van der Waals surface area contributed by atoms with Crippen molar-refractivity contribution < 1.29 is 10.2 Å². The van der Waals surface area contributed by atoms with Crippen molar-refractivity contribution in [3.8, 4) is 0 Å². The number of aliphatic hydroxyl groups is 2. The molecule has 0 amide bonds. The minimum atomic E-state index is -0.216. The Kier molecular flexibility index (Phi) is 14.3. The maximum Gasteiger partial charge on any atom is 0.0585 e. The summed E-state index contributed by atoms with van der Waals surface area (Å²) in [6, 6.07) is 0. The first-order valence-corrected chi connectivity index (χ1v) is 16.4. The largest absolute Gasteiger partial charge is 0.393 e. The van der Waals surface area contributed by atoms with Gasteiger partial charge in [-0.1, -0.05) is 115 Å². The monoisotopic (exact) mass is 574 g/mol. The van der Waals surface area contributed by atoms with Crippen LogP contribution in [-0.2, 0) is 0 Å². The predicted molar refractivity (Wildman–Crippen MR) is 184 cm³/mol. The number of allylic oxidation sites excluding steroid dienone is 14. The van der Waals surface area contributed by atoms with Crippen molar-refractivity contribution in [3.63, 3.8) is 0 Å². The highest BCUT2D eigenvalue weighted by molar-refractivity contribution is 5.37. The zero-order chi connectivity index (χ0) is 31.5. The molecule has 0 unspecified atom stereocenters. The van der Waals surface area contributed by atoms with Gasteiger partial charge in [0.2, 0.25) is 0 Å². The Morgan fingerprint density at radius 3 is 1.93 bits per heavy atom. The second-order valence-electron chi connectivity index (χ2n) is 14.6. The molecule has 0 aromatic carbocycles. The highest BCUT2D eigenvalue weighted by Gasteiger charge is 2.32. The summed E-state index contributed by atoms with van der Waals surface area (Å²) in [5, 5.41) is 20.3. The van der Waals surface area contributed by atoms with Crippen molar-refractivity contribution in [2.45, 2.75) is 146 Å². The summed E-state index contributed by atoms with van der Waals surface area (Å²) in [5.41, 5.74) is 11.3. The standard InChI is InChI=1S/C40H62O2/c1-29(17-13-19-31(3)21-23-37-33(5)25-35(41)27-39(37,7)8)15-11-12-16-30(2)18-14-20-32(4)22-24-38-34(6)26-36(42)28-40(38,9)10/h13,15-17,19-21,23,35-36,41-42H,11-12,14,18,22,24-28H2,1-10H3/b17-13+,23-21+,29-15+,30-16+,31-19+,32-20+/t35-,36+/m1/s1. The smallest absolute Gasteiger partial charge is 0.0585 e. The van der Waals surface area contributed by atoms with Crippen LogP contribution in [-0.4, -0.2) is 22.4 Å². The first kappa shape index (κ1) is 36.0. The van der Waals surface area contributed by atoms with Crippen LogP contribution in [0.25, 0.3) is 0 Å². The van der Waals surface area contributed by atoms with Crippen LogP contribution in [0.4, 0.5) is 0 Å². The minimum Gasteiger partial charge on any atom is -0.393 e. The fourth-order valence-electron chi connectivity index (χ4n) is 6.97. The lowest BCUT2D eigenvalue weighted by Crippen LogP contribution is -2.29. The van der Waals surface area contributed by atoms with Gasteiger partial charge >= 0.3 is 0 Å². The Balaban J connectivity index is 1.75. The topological polar surface area (TPSA) is 40.5 Å². The number of rotatable bonds is 13. The van der Waals surface area contributed by atoms with Gasteiger partial charge in [-0.2, -0.15) is 0 Å². The molecule has 0 spiro atoms. The first-order chi connectivity index (χ1) is 19.6. The van der Waals surface area contributed by atoms with E-state index in [2.05, 4.69) is 118 Å². The third kappa shape index (κ3) is 12.2. The summed E-state index contributed by atoms with van der Waals surface area (Å²) in [7, 11) is 0. The first-order valence-electron chi connectivity index (χ1n) is 16.4. The molecular formula is C40H62O2. The molecule has 2 aliphatic carbocycles. The van der Waals surface area contributed by atoms with E-state index in [1.54, 1.807) is 5.57 Å². The molecule has 2 N–H and O–H groups in total. The average molecular weight is 575 g/mol. The molecule has 234 valence electrons. The molecule has 0 saturated carbocycles. The van der Waals surface area contributed by atoms with Gasteiger partial charge in [0.05, 0.1) is 12.2 Å². The average Bonchev–Trinajstić information content (AvgIpc) is 2.84. The lowest BCUT2D eigenvalue weighted by atomic mass is 9.70. The van der Waals surface area contributed by atoms with E-state index in [-0.39, 0.29) is 23.0 Å². The number of hydrogen-bond acceptors (Lipinski definition) is 2. The maximum absolute atomic E-state index is 10.1. The van der Waals surface area contributed by atoms with Crippen molar-refractivity contribution in [1.29, 1.82) is 0 Å². The number of unbranched alkanes of at least 4 members (excludes halogenated alkanes) is 1. The molecule has 0 fully saturated rings. The van der Waals surface area contributed by atoms with Crippen LogP contribution in [0.2, 0.25) is 0 Å². The normalized spacial score (nSPS) is 24.5. The maximum atomic E-state index is 10.1. The second kappa shape index (κ2) is 16.6. The van der Waals surface area contributed by atoms with Crippen LogP contribution in [0.15, 0.2) is 93.2 Å². The molecular weight excluding hydrogens is 512 g/mol. The molecule has 0 aromatic rings. The molecule has 2 atom stereocenters. The highest BCUT2D eigenvalue weighted by Crippen LogP contribution is 2.43. The molecule has 2 nitrogen and oxygen atoms in total. The van der Waals surface area contributed by atoms with Gasteiger partial charge in [0.25, 0.3) is 0 Å². The van der Waals surface area contributed by atoms with E-state index in [1.807, 2.05) is 0 Å². The fourth-order valence-corrected chi connectivity index (χ4v) is 6.97. The van der Waals surface area contributed by atoms with Crippen molar-refractivity contribution in [2.24, 2.45) is 10.8 Å². The quantitative estimate of drug-likeness (QED) is 0.130. The molecule has 0 saturated heterocycles. The Labute approximate surface area is 259 Å². The van der Waals surface area contributed by atoms with Crippen molar-refractivity contribution in [3.05, 3.63) is 93.2 Å². The summed E-state index contributed by atoms with van der Waals surface area (Å²) in [6.45, 7) is 22.3. The van der Waals surface area contributed by atoms with Gasteiger partial charge in [-0.3, -0.25) is 0 Å². The Morgan fingerprint density at radius 1 is 0.714 bits per heavy atom. The van der Waals surface area contributed by atoms with Gasteiger partial charge in [0.15, 0.2) is 0 Å². The van der Waals surface area contributed by atoms with E-state index in [1.165, 1.54) is 39.0 Å². The van der Waals surface area contributed by atoms with Gasteiger partial charge in [0.1, 0.15) is 0 Å². The van der Waals surface area contributed by atoms with E-state index < -0.39 is 0 Å². The molecule has 2 heteroatoms. The van der Waals surface area contributed by atoms with E-state index >= 15 is 0 Å². The van der Waals surface area contributed by atoms with Crippen LogP contribution in [0, 0.1) is 10.8 Å². The van der Waals surface area contributed by atoms with Crippen molar-refractivity contribution in [1.82, 2.24) is 0 Å². The number of hydrogen-bond donors (Lipinski definition) is 2. The van der Waals surface area contributed by atoms with Gasteiger partial charge in [-0.05, 0) is 122 Å². The summed E-state index contributed by atoms with van der Waals surface area (Å²) >= 11 is 0. The summed E-state index contributed by atoms with van der Waals surface area (Å²) in [6.07, 6.45) is 27.7. The molecule has 0 radical (unpaired) electrons. The lowest BCUT2D eigenvalue weighted by molar-refractivity contribution is 0.113. The Morgan fingerprint density at radius 2 is 1.29 bits per heavy atom. The van der Waals surface area contributed by atoms with Crippen molar-refractivity contribution in [2.75, 3.05) is 0 Å². The third-order valence-electron chi connectivity index (χ3n) is 9.25. The SMILES string of the molecule is CC1=C(/C=C/C(C)=C/C=C/C(C)=C/CC/C=C(\C)CC/C=C(\C)CCC2=C(C)C[C@H](O)CC2(C)C)C(C)(C)C[C@H](O)C1. The Bertz CT molecular complexity index is 1160. The minimum absolute atomic E-state index is 0.0199. The molecule has 0 aliphatic heterocycles. The fraction of sp³-hybridized carbons (Fsp3) is 0.600. The second-order valence-corrected chi connectivity index (χ2v) is 14.6. The van der Waals surface area contributed by atoms with Gasteiger partial charge < -0.3 is 10.2 Å². The molecule has 0 heterocycles. The molecule has 2 aliphatic rings. The summed E-state index contributed by atoms with van der Waals surface area (Å²) in [5.74, 6) is 0. The van der Waals surface area contributed by atoms with E-state index in [4.69, 9.17) is 0 Å². The van der Waals surface area contributed by atoms with Crippen molar-refractivity contribution >= 4 is 0 Å². The predicted octanol–water partition coefficient (Wildman–Crippen LogP) is 11.2. The Hall–Kier alpha value is -2.16. The van der Waals surface area contributed by atoms with E-state index in [9.17, 15) is 10.2 Å². The lowest BCUT2D eigenvalue weighted by Gasteiger charge is -2.37. The van der Waals surface area contributed by atoms with Gasteiger partial charge in [-0.15, -0.1) is 0 Å². The van der Waals surface area contributed by atoms with E-state index in [0.717, 1.165) is 64.2 Å². The van der Waals surface area contributed by atoms with Crippen LogP contribution < -0.4 is 0 Å². The van der Waals surface area contributed by atoms with Crippen LogP contribution in [0.3, 0.4) is 0 Å². The summed E-state index contributed by atoms with van der Waals surface area (Å²) in [4.78, 5) is 0. The highest BCUT2D eigenvalue weighted by atomic mass is 16.3. The van der Waals surface area contributed by atoms with Gasteiger partial charge in [0, 0.05) is 0 Å². The number of aliphatic hydroxyl groups excluding tert-OH is 2. The molecule has 0 aromatic heterocycles.